The van der Waals surface area contributed by atoms with Gasteiger partial charge in [0.25, 0.3) is 0 Å². The van der Waals surface area contributed by atoms with Crippen molar-refractivity contribution in [1.29, 1.82) is 0 Å². The molecule has 0 aliphatic heterocycles. The van der Waals surface area contributed by atoms with Crippen LogP contribution in [0.4, 0.5) is 0 Å². The summed E-state index contributed by atoms with van der Waals surface area (Å²) in [4.78, 5) is 11.9. The Labute approximate surface area is 153 Å². The lowest BCUT2D eigenvalue weighted by Crippen LogP contribution is -2.32. The van der Waals surface area contributed by atoms with Crippen molar-refractivity contribution < 1.29 is 18.6 Å². The van der Waals surface area contributed by atoms with Crippen molar-refractivity contribution in [1.82, 2.24) is 0 Å². The average molecular weight is 367 g/mol. The number of unbranched alkanes of at least 4 members (excludes halogenated alkanes) is 5. The summed E-state index contributed by atoms with van der Waals surface area (Å²) in [6.07, 6.45) is 9.55. The van der Waals surface area contributed by atoms with Gasteiger partial charge in [-0.3, -0.25) is 4.79 Å². The molecular weight excluding hydrogens is 335 g/mol. The molecule has 0 saturated carbocycles. The van der Waals surface area contributed by atoms with E-state index in [1.807, 2.05) is 30.3 Å². The molecule has 0 saturated heterocycles. The SMILES string of the molecule is CCCCCCCCOC(C=O)(CCC[P+](=O)OC)c1ccccc1. The zero-order chi connectivity index (χ0) is 18.4. The van der Waals surface area contributed by atoms with Crippen LogP contribution >= 0.6 is 8.03 Å². The summed E-state index contributed by atoms with van der Waals surface area (Å²) in [6.45, 7) is 2.77. The standard InChI is InChI=1S/C20H32O4P/c1-3-4-5-6-7-11-16-24-20(18-21,15-12-17-25(22)23-2)19-13-9-8-10-14-19/h8-10,13-14,18H,3-7,11-12,15-17H2,1-2H3/q+1. The first kappa shape index (κ1) is 22.0. The third kappa shape index (κ3) is 8.22. The third-order valence-corrected chi connectivity index (χ3v) is 5.49. The summed E-state index contributed by atoms with van der Waals surface area (Å²) in [5.74, 6) is 0. The van der Waals surface area contributed by atoms with E-state index in [-0.39, 0.29) is 0 Å². The summed E-state index contributed by atoms with van der Waals surface area (Å²) in [5, 5.41) is 0. The summed E-state index contributed by atoms with van der Waals surface area (Å²) >= 11 is 0. The zero-order valence-electron chi connectivity index (χ0n) is 15.6. The van der Waals surface area contributed by atoms with Gasteiger partial charge in [0.05, 0.1) is 7.11 Å². The number of carbonyl (C=O) groups excluding carboxylic acids is 1. The molecule has 0 heterocycles. The number of rotatable bonds is 15. The molecule has 0 aromatic heterocycles. The van der Waals surface area contributed by atoms with Gasteiger partial charge >= 0.3 is 8.03 Å². The molecule has 0 aliphatic carbocycles. The van der Waals surface area contributed by atoms with E-state index >= 15 is 0 Å². The molecule has 0 amide bonds. The maximum absolute atomic E-state index is 11.9. The number of carbonyl (C=O) groups is 1. The van der Waals surface area contributed by atoms with Crippen LogP contribution in [0, 0.1) is 0 Å². The van der Waals surface area contributed by atoms with Gasteiger partial charge in [-0.1, -0.05) is 69.4 Å². The number of hydrogen-bond acceptors (Lipinski definition) is 4. The Morgan fingerprint density at radius 2 is 1.72 bits per heavy atom. The van der Waals surface area contributed by atoms with Crippen LogP contribution in [0.1, 0.15) is 63.9 Å². The fraction of sp³-hybridized carbons (Fsp3) is 0.650. The highest BCUT2D eigenvalue weighted by molar-refractivity contribution is 7.39. The lowest BCUT2D eigenvalue weighted by atomic mass is 9.90. The minimum Gasteiger partial charge on any atom is -0.363 e. The van der Waals surface area contributed by atoms with Crippen molar-refractivity contribution in [3.8, 4) is 0 Å². The third-order valence-electron chi connectivity index (χ3n) is 4.40. The molecule has 5 heteroatoms. The Kier molecular flexibility index (Phi) is 11.6. The number of hydrogen-bond donors (Lipinski definition) is 0. The van der Waals surface area contributed by atoms with Gasteiger partial charge in [-0.05, 0) is 29.4 Å². The first-order valence-corrected chi connectivity index (χ1v) is 10.7. The first-order chi connectivity index (χ1) is 12.2. The van der Waals surface area contributed by atoms with E-state index in [1.165, 1.54) is 32.8 Å². The lowest BCUT2D eigenvalue weighted by molar-refractivity contribution is -0.134. The molecule has 1 rings (SSSR count). The second kappa shape index (κ2) is 13.2. The minimum absolute atomic E-state index is 0.439. The van der Waals surface area contributed by atoms with Gasteiger partial charge in [-0.2, -0.15) is 0 Å². The predicted molar refractivity (Wildman–Crippen MR) is 102 cm³/mol. The van der Waals surface area contributed by atoms with Crippen LogP contribution in [0.25, 0.3) is 0 Å². The molecular formula is C20H32O4P+. The highest BCUT2D eigenvalue weighted by Gasteiger charge is 2.33. The van der Waals surface area contributed by atoms with E-state index in [4.69, 9.17) is 9.26 Å². The smallest absolute Gasteiger partial charge is 0.363 e. The number of benzene rings is 1. The van der Waals surface area contributed by atoms with Crippen molar-refractivity contribution in [2.45, 2.75) is 63.9 Å². The van der Waals surface area contributed by atoms with Crippen LogP contribution in [-0.2, 0) is 24.2 Å². The average Bonchev–Trinajstić information content (AvgIpc) is 2.66. The maximum atomic E-state index is 11.9. The molecule has 1 aromatic rings. The highest BCUT2D eigenvalue weighted by atomic mass is 31.1. The lowest BCUT2D eigenvalue weighted by Gasteiger charge is -2.28. The Bertz CT molecular complexity index is 492. The molecule has 0 radical (unpaired) electrons. The van der Waals surface area contributed by atoms with Crippen LogP contribution in [0.15, 0.2) is 30.3 Å². The fourth-order valence-electron chi connectivity index (χ4n) is 2.88. The van der Waals surface area contributed by atoms with Crippen molar-refractivity contribution in [3.63, 3.8) is 0 Å². The van der Waals surface area contributed by atoms with Crippen LogP contribution < -0.4 is 0 Å². The normalized spacial score (nSPS) is 14.1. The number of ether oxygens (including phenoxy) is 1. The Hall–Kier alpha value is -1.09. The van der Waals surface area contributed by atoms with Gasteiger partial charge < -0.3 is 4.74 Å². The molecule has 1 aromatic carbocycles. The molecule has 4 nitrogen and oxygen atoms in total. The summed E-state index contributed by atoms with van der Waals surface area (Å²) in [6, 6.07) is 9.60. The zero-order valence-corrected chi connectivity index (χ0v) is 16.5. The maximum Gasteiger partial charge on any atom is 0.507 e. The van der Waals surface area contributed by atoms with Gasteiger partial charge in [0, 0.05) is 6.61 Å². The molecule has 0 fully saturated rings. The molecule has 0 N–H and O–H groups in total. The fourth-order valence-corrected chi connectivity index (χ4v) is 3.48. The van der Waals surface area contributed by atoms with E-state index < -0.39 is 13.6 Å². The van der Waals surface area contributed by atoms with E-state index in [2.05, 4.69) is 6.92 Å². The molecule has 0 bridgehead atoms. The van der Waals surface area contributed by atoms with Crippen LogP contribution in [0.2, 0.25) is 0 Å². The molecule has 25 heavy (non-hydrogen) atoms. The van der Waals surface area contributed by atoms with E-state index in [9.17, 15) is 9.36 Å². The quantitative estimate of drug-likeness (QED) is 0.229. The van der Waals surface area contributed by atoms with Gasteiger partial charge in [0.1, 0.15) is 5.60 Å². The Morgan fingerprint density at radius 1 is 1.04 bits per heavy atom. The monoisotopic (exact) mass is 367 g/mol. The highest BCUT2D eigenvalue weighted by Crippen LogP contribution is 2.32. The summed E-state index contributed by atoms with van der Waals surface area (Å²) in [5.41, 5.74) is -0.0853. The summed E-state index contributed by atoms with van der Waals surface area (Å²) in [7, 11) is -0.209. The van der Waals surface area contributed by atoms with E-state index in [0.717, 1.165) is 24.7 Å². The summed E-state index contributed by atoms with van der Waals surface area (Å²) < 4.78 is 22.4. The van der Waals surface area contributed by atoms with Gasteiger partial charge in [0.15, 0.2) is 12.4 Å². The molecule has 0 spiro atoms. The van der Waals surface area contributed by atoms with E-state index in [1.54, 1.807) is 0 Å². The van der Waals surface area contributed by atoms with Crippen LogP contribution in [0.3, 0.4) is 0 Å². The first-order valence-electron chi connectivity index (χ1n) is 9.33. The van der Waals surface area contributed by atoms with Crippen molar-refractivity contribution in [2.24, 2.45) is 0 Å². The predicted octanol–water partition coefficient (Wildman–Crippen LogP) is 5.63. The topological polar surface area (TPSA) is 52.6 Å². The van der Waals surface area contributed by atoms with Crippen LogP contribution in [0.5, 0.6) is 0 Å². The molecule has 0 aliphatic rings. The molecule has 2 unspecified atom stereocenters. The van der Waals surface area contributed by atoms with Gasteiger partial charge in [-0.25, -0.2) is 0 Å². The largest absolute Gasteiger partial charge is 0.507 e. The second-order valence-corrected chi connectivity index (χ2v) is 7.81. The second-order valence-electron chi connectivity index (χ2n) is 6.33. The number of aldehydes is 1. The van der Waals surface area contributed by atoms with Gasteiger partial charge in [0.2, 0.25) is 0 Å². The minimum atomic E-state index is -1.65. The van der Waals surface area contributed by atoms with Crippen molar-refractivity contribution >= 4 is 14.3 Å². The van der Waals surface area contributed by atoms with Crippen LogP contribution in [-0.4, -0.2) is 26.2 Å². The van der Waals surface area contributed by atoms with Crippen molar-refractivity contribution in [3.05, 3.63) is 35.9 Å². The van der Waals surface area contributed by atoms with Gasteiger partial charge in [-0.15, -0.1) is 4.52 Å². The molecule has 2 atom stereocenters. The Balaban J connectivity index is 2.61. The van der Waals surface area contributed by atoms with E-state index in [0.29, 0.717) is 25.6 Å². The van der Waals surface area contributed by atoms with Crippen molar-refractivity contribution in [2.75, 3.05) is 19.9 Å². The Morgan fingerprint density at radius 3 is 2.36 bits per heavy atom. The molecule has 140 valence electrons.